The van der Waals surface area contributed by atoms with Crippen LogP contribution in [0.4, 0.5) is 0 Å². The third-order valence-corrected chi connectivity index (χ3v) is 2.86. The van der Waals surface area contributed by atoms with E-state index in [2.05, 4.69) is 17.9 Å². The molecule has 1 fully saturated rings. The Kier molecular flexibility index (Phi) is 2.01. The van der Waals surface area contributed by atoms with Crippen molar-refractivity contribution in [2.75, 3.05) is 7.05 Å². The van der Waals surface area contributed by atoms with Crippen LogP contribution >= 0.6 is 0 Å². The first-order valence-corrected chi connectivity index (χ1v) is 4.69. The van der Waals surface area contributed by atoms with Crippen LogP contribution in [0, 0.1) is 11.3 Å². The number of hydrogen-bond acceptors (Lipinski definition) is 3. The number of ether oxygens (including phenoxy) is 1. The zero-order valence-corrected chi connectivity index (χ0v) is 8.03. The fourth-order valence-corrected chi connectivity index (χ4v) is 2.23. The third kappa shape index (κ3) is 1.42. The fourth-order valence-electron chi connectivity index (χ4n) is 2.23. The maximum absolute atomic E-state index is 8.79. The summed E-state index contributed by atoms with van der Waals surface area (Å²) in [5.74, 6) is 0. The van der Waals surface area contributed by atoms with Crippen molar-refractivity contribution in [3.63, 3.8) is 0 Å². The molecule has 1 unspecified atom stereocenters. The van der Waals surface area contributed by atoms with E-state index in [0.29, 0.717) is 12.1 Å². The van der Waals surface area contributed by atoms with E-state index >= 15 is 0 Å². The van der Waals surface area contributed by atoms with Crippen molar-refractivity contribution in [3.8, 4) is 6.07 Å². The molecule has 13 heavy (non-hydrogen) atoms. The Morgan fingerprint density at radius 2 is 2.46 bits per heavy atom. The van der Waals surface area contributed by atoms with Gasteiger partial charge in [0.05, 0.1) is 24.3 Å². The topological polar surface area (TPSA) is 36.3 Å². The van der Waals surface area contributed by atoms with Gasteiger partial charge in [0.1, 0.15) is 0 Å². The Balaban J connectivity index is 2.17. The second-order valence-electron chi connectivity index (χ2n) is 3.92. The summed E-state index contributed by atoms with van der Waals surface area (Å²) in [6, 6.07) is 2.68. The van der Waals surface area contributed by atoms with Crippen molar-refractivity contribution < 1.29 is 4.74 Å². The molecule has 2 aliphatic heterocycles. The number of nitriles is 1. The van der Waals surface area contributed by atoms with E-state index in [1.807, 2.05) is 13.2 Å². The molecule has 0 amide bonds. The maximum atomic E-state index is 8.79. The fraction of sp³-hybridized carbons (Fsp3) is 0.700. The van der Waals surface area contributed by atoms with Crippen LogP contribution in [-0.4, -0.2) is 30.2 Å². The summed E-state index contributed by atoms with van der Waals surface area (Å²) in [6.07, 6.45) is 4.39. The highest BCUT2D eigenvalue weighted by atomic mass is 16.5. The van der Waals surface area contributed by atoms with Gasteiger partial charge in [-0.2, -0.15) is 5.26 Å². The average molecular weight is 178 g/mol. The predicted octanol–water partition coefficient (Wildman–Crippen LogP) is 1.28. The molecule has 0 saturated carbocycles. The standard InChI is InChI=1S/C10H14N2O/c1-7-3-9-10(13-7)4-8(5-11)6-12(9)2/h6-7,9-10H,3-4H2,1-2H3/t7?,9-,10-/m0/s1. The lowest BCUT2D eigenvalue weighted by Crippen LogP contribution is -2.38. The minimum atomic E-state index is 0.236. The lowest BCUT2D eigenvalue weighted by atomic mass is 9.97. The van der Waals surface area contributed by atoms with Gasteiger partial charge in [-0.25, -0.2) is 0 Å². The first kappa shape index (κ1) is 8.58. The van der Waals surface area contributed by atoms with E-state index in [-0.39, 0.29) is 6.10 Å². The highest BCUT2D eigenvalue weighted by molar-refractivity contribution is 5.25. The van der Waals surface area contributed by atoms with E-state index < -0.39 is 0 Å². The number of hydrogen-bond donors (Lipinski definition) is 0. The molecule has 0 aromatic rings. The number of rotatable bonds is 0. The van der Waals surface area contributed by atoms with E-state index in [4.69, 9.17) is 10.00 Å². The highest BCUT2D eigenvalue weighted by Crippen LogP contribution is 2.32. The number of nitrogens with zero attached hydrogens (tertiary/aromatic N) is 2. The van der Waals surface area contributed by atoms with Gasteiger partial charge in [-0.3, -0.25) is 0 Å². The molecule has 0 aromatic heterocycles. The Morgan fingerprint density at radius 1 is 1.69 bits per heavy atom. The van der Waals surface area contributed by atoms with Gasteiger partial charge in [0, 0.05) is 25.2 Å². The Labute approximate surface area is 78.6 Å². The van der Waals surface area contributed by atoms with Gasteiger partial charge in [-0.1, -0.05) is 0 Å². The van der Waals surface area contributed by atoms with Gasteiger partial charge in [0.25, 0.3) is 0 Å². The van der Waals surface area contributed by atoms with E-state index in [9.17, 15) is 0 Å². The third-order valence-electron chi connectivity index (χ3n) is 2.86. The molecule has 0 aromatic carbocycles. The summed E-state index contributed by atoms with van der Waals surface area (Å²) in [6.45, 7) is 2.10. The molecule has 70 valence electrons. The van der Waals surface area contributed by atoms with Gasteiger partial charge in [-0.05, 0) is 13.3 Å². The summed E-state index contributed by atoms with van der Waals surface area (Å²) in [7, 11) is 2.02. The second-order valence-corrected chi connectivity index (χ2v) is 3.92. The van der Waals surface area contributed by atoms with Gasteiger partial charge in [-0.15, -0.1) is 0 Å². The summed E-state index contributed by atoms with van der Waals surface area (Å²) in [5.41, 5.74) is 0.831. The Hall–Kier alpha value is -1.01. The molecule has 1 saturated heterocycles. The van der Waals surface area contributed by atoms with Gasteiger partial charge >= 0.3 is 0 Å². The predicted molar refractivity (Wildman–Crippen MR) is 48.8 cm³/mol. The summed E-state index contributed by atoms with van der Waals surface area (Å²) < 4.78 is 5.73. The number of fused-ring (bicyclic) bond motifs is 1. The van der Waals surface area contributed by atoms with Crippen molar-refractivity contribution in [3.05, 3.63) is 11.8 Å². The molecule has 2 heterocycles. The lowest BCUT2D eigenvalue weighted by molar-refractivity contribution is 0.0356. The zero-order chi connectivity index (χ0) is 9.42. The van der Waals surface area contributed by atoms with Gasteiger partial charge in [0.15, 0.2) is 0 Å². The Morgan fingerprint density at radius 3 is 3.15 bits per heavy atom. The van der Waals surface area contributed by atoms with E-state index in [1.165, 1.54) is 0 Å². The van der Waals surface area contributed by atoms with Crippen molar-refractivity contribution in [1.82, 2.24) is 4.90 Å². The van der Waals surface area contributed by atoms with Crippen LogP contribution in [0.2, 0.25) is 0 Å². The normalized spacial score (nSPS) is 38.1. The molecule has 3 heteroatoms. The van der Waals surface area contributed by atoms with Crippen LogP contribution < -0.4 is 0 Å². The summed E-state index contributed by atoms with van der Waals surface area (Å²) >= 11 is 0. The van der Waals surface area contributed by atoms with E-state index in [1.54, 1.807) is 0 Å². The molecule has 0 radical (unpaired) electrons. The number of likely N-dealkylation sites (N-methyl/N-ethyl adjacent to an activating group) is 1. The van der Waals surface area contributed by atoms with Crippen molar-refractivity contribution in [1.29, 1.82) is 5.26 Å². The summed E-state index contributed by atoms with van der Waals surface area (Å²) in [4.78, 5) is 2.12. The van der Waals surface area contributed by atoms with Crippen LogP contribution in [0.1, 0.15) is 19.8 Å². The smallest absolute Gasteiger partial charge is 0.0963 e. The average Bonchev–Trinajstić information content (AvgIpc) is 2.46. The van der Waals surface area contributed by atoms with E-state index in [0.717, 1.165) is 18.4 Å². The van der Waals surface area contributed by atoms with Crippen LogP contribution in [0.25, 0.3) is 0 Å². The Bertz CT molecular complexity index is 279. The molecule has 0 N–H and O–H groups in total. The molecule has 0 bridgehead atoms. The monoisotopic (exact) mass is 178 g/mol. The van der Waals surface area contributed by atoms with Crippen molar-refractivity contribution >= 4 is 0 Å². The van der Waals surface area contributed by atoms with Crippen molar-refractivity contribution in [2.45, 2.75) is 38.0 Å². The van der Waals surface area contributed by atoms with Crippen LogP contribution in [0.15, 0.2) is 11.8 Å². The van der Waals surface area contributed by atoms with Gasteiger partial charge < -0.3 is 9.64 Å². The SMILES string of the molecule is CC1C[C@H]2[C@H](CC(C#N)=CN2C)O1. The minimum absolute atomic E-state index is 0.236. The first-order valence-electron chi connectivity index (χ1n) is 4.69. The summed E-state index contributed by atoms with van der Waals surface area (Å²) in [5, 5.41) is 8.79. The zero-order valence-electron chi connectivity index (χ0n) is 8.03. The molecule has 2 rings (SSSR count). The molecule has 2 aliphatic rings. The molecular weight excluding hydrogens is 164 g/mol. The quantitative estimate of drug-likeness (QED) is 0.560. The second kappa shape index (κ2) is 3.04. The van der Waals surface area contributed by atoms with Crippen LogP contribution in [-0.2, 0) is 4.74 Å². The first-order chi connectivity index (χ1) is 6.20. The lowest BCUT2D eigenvalue weighted by Gasteiger charge is -2.31. The van der Waals surface area contributed by atoms with Crippen LogP contribution in [0.5, 0.6) is 0 Å². The molecule has 0 aliphatic carbocycles. The molecule has 3 atom stereocenters. The minimum Gasteiger partial charge on any atom is -0.374 e. The van der Waals surface area contributed by atoms with Gasteiger partial charge in [0.2, 0.25) is 0 Å². The van der Waals surface area contributed by atoms with Crippen molar-refractivity contribution in [2.24, 2.45) is 0 Å². The van der Waals surface area contributed by atoms with Crippen LogP contribution in [0.3, 0.4) is 0 Å². The largest absolute Gasteiger partial charge is 0.374 e. The maximum Gasteiger partial charge on any atom is 0.0963 e. The molecule has 0 spiro atoms. The highest BCUT2D eigenvalue weighted by Gasteiger charge is 2.37. The molecule has 3 nitrogen and oxygen atoms in total. The molecular formula is C10H14N2O.